The van der Waals surface area contributed by atoms with Crippen molar-refractivity contribution in [2.45, 2.75) is 31.6 Å². The number of rotatable bonds is 9. The van der Waals surface area contributed by atoms with E-state index in [2.05, 4.69) is 5.32 Å². The van der Waals surface area contributed by atoms with Crippen molar-refractivity contribution < 1.29 is 27.1 Å². The van der Waals surface area contributed by atoms with Gasteiger partial charge in [0.05, 0.1) is 38.7 Å². The maximum atomic E-state index is 15.3. The number of nitrogens with zero attached hydrogens (tertiary/aromatic N) is 2. The Morgan fingerprint density at radius 3 is 2.42 bits per heavy atom. The van der Waals surface area contributed by atoms with E-state index in [1.54, 1.807) is 13.8 Å². The van der Waals surface area contributed by atoms with Crippen LogP contribution in [0.5, 0.6) is 11.5 Å². The molecular weight excluding hydrogens is 606 g/mol. The minimum Gasteiger partial charge on any atom is -0.453 e. The Hall–Kier alpha value is -3.40. The Labute approximate surface area is 245 Å². The van der Waals surface area contributed by atoms with Gasteiger partial charge in [-0.25, -0.2) is 10.2 Å². The number of sulfonamides is 1. The molecule has 210 valence electrons. The number of hydrazine groups is 1. The van der Waals surface area contributed by atoms with Crippen LogP contribution < -0.4 is 15.9 Å². The predicted molar refractivity (Wildman–Crippen MR) is 149 cm³/mol. The van der Waals surface area contributed by atoms with Crippen molar-refractivity contribution in [1.29, 1.82) is 5.26 Å². The number of halogens is 4. The fourth-order valence-electron chi connectivity index (χ4n) is 3.42. The van der Waals surface area contributed by atoms with Gasteiger partial charge in [-0.3, -0.25) is 9.59 Å². The molecule has 0 aliphatic carbocycles. The summed E-state index contributed by atoms with van der Waals surface area (Å²) in [7, 11) is -4.39. The highest BCUT2D eigenvalue weighted by Gasteiger charge is 2.28. The molecule has 0 aromatic heterocycles. The average molecular weight is 628 g/mol. The SMILES string of the molecule is CC(C)CC(=O)N(N)S(=O)(=O)c1ccc(NC(=O)Cc2ccc(Cl)c(Oc3cc(Cl)cc(C#N)c3)c2F)c(Cl)c1. The molecule has 0 unspecified atom stereocenters. The minimum absolute atomic E-state index is 0.0384. The summed E-state index contributed by atoms with van der Waals surface area (Å²) in [5, 5.41) is 11.5. The van der Waals surface area contributed by atoms with Crippen molar-refractivity contribution in [2.75, 3.05) is 5.32 Å². The Morgan fingerprint density at radius 2 is 1.80 bits per heavy atom. The van der Waals surface area contributed by atoms with Gasteiger partial charge in [-0.05, 0) is 48.4 Å². The third kappa shape index (κ3) is 7.41. The zero-order chi connectivity index (χ0) is 29.8. The lowest BCUT2D eigenvalue weighted by Gasteiger charge is -2.18. The highest BCUT2D eigenvalue weighted by Crippen LogP contribution is 2.35. The second kappa shape index (κ2) is 12.8. The number of carbonyl (C=O) groups is 2. The van der Waals surface area contributed by atoms with Crippen LogP contribution in [0.3, 0.4) is 0 Å². The van der Waals surface area contributed by atoms with Crippen LogP contribution in [0.4, 0.5) is 10.1 Å². The molecule has 2 amide bonds. The molecule has 40 heavy (non-hydrogen) atoms. The molecule has 0 fully saturated rings. The van der Waals surface area contributed by atoms with E-state index in [1.165, 1.54) is 36.4 Å². The quantitative estimate of drug-likeness (QED) is 0.167. The Bertz CT molecular complexity index is 1630. The molecule has 14 heteroatoms. The van der Waals surface area contributed by atoms with Gasteiger partial charge in [0, 0.05) is 17.0 Å². The van der Waals surface area contributed by atoms with Crippen molar-refractivity contribution in [3.63, 3.8) is 0 Å². The second-order valence-corrected chi connectivity index (χ2v) is 12.0. The molecule has 0 aliphatic heterocycles. The first-order valence-corrected chi connectivity index (χ1v) is 14.1. The number of carbonyl (C=O) groups excluding carboxylic acids is 2. The van der Waals surface area contributed by atoms with Crippen molar-refractivity contribution in [3.8, 4) is 17.6 Å². The summed E-state index contributed by atoms with van der Waals surface area (Å²) in [5.74, 6) is 2.73. The number of nitrogens with one attached hydrogen (secondary N) is 1. The fraction of sp³-hybridized carbons (Fsp3) is 0.192. The average Bonchev–Trinajstić information content (AvgIpc) is 2.88. The molecule has 0 aliphatic rings. The first-order chi connectivity index (χ1) is 18.7. The zero-order valence-electron chi connectivity index (χ0n) is 21.0. The van der Waals surface area contributed by atoms with Crippen molar-refractivity contribution in [1.82, 2.24) is 4.41 Å². The molecule has 9 nitrogen and oxygen atoms in total. The molecule has 3 aromatic rings. The van der Waals surface area contributed by atoms with Crippen molar-refractivity contribution >= 4 is 62.3 Å². The standard InChI is InChI=1S/C26H22Cl3FN4O5S/c1-14(2)7-24(36)34(32)40(37,38)19-4-6-22(21(29)12-19)33-23(35)10-16-3-5-20(28)26(25(16)30)39-18-9-15(13-31)8-17(27)11-18/h3-6,8-9,11-12,14H,7,10,32H2,1-2H3,(H,33,35). The summed E-state index contributed by atoms with van der Waals surface area (Å²) in [6.07, 6.45) is -0.541. The van der Waals surface area contributed by atoms with E-state index in [1.807, 2.05) is 6.07 Å². The van der Waals surface area contributed by atoms with Gasteiger partial charge < -0.3 is 10.1 Å². The number of nitriles is 1. The van der Waals surface area contributed by atoms with Gasteiger partial charge in [-0.15, -0.1) is 0 Å². The van der Waals surface area contributed by atoms with Crippen molar-refractivity contribution in [2.24, 2.45) is 11.8 Å². The molecule has 0 atom stereocenters. The van der Waals surface area contributed by atoms with Crippen LogP contribution >= 0.6 is 34.8 Å². The second-order valence-electron chi connectivity index (χ2n) is 8.90. The van der Waals surface area contributed by atoms with Gasteiger partial charge in [-0.2, -0.15) is 18.1 Å². The Kier molecular flexibility index (Phi) is 10.00. The molecule has 0 spiro atoms. The predicted octanol–water partition coefficient (Wildman–Crippen LogP) is 6.07. The highest BCUT2D eigenvalue weighted by molar-refractivity contribution is 7.89. The number of nitrogens with two attached hydrogens (primary N) is 1. The summed E-state index contributed by atoms with van der Waals surface area (Å²) in [5.41, 5.74) is 0.153. The lowest BCUT2D eigenvalue weighted by molar-refractivity contribution is -0.127. The van der Waals surface area contributed by atoms with Crippen LogP contribution in [0.2, 0.25) is 15.1 Å². The number of hydrogen-bond acceptors (Lipinski definition) is 7. The van der Waals surface area contributed by atoms with Crippen LogP contribution in [0.15, 0.2) is 53.4 Å². The summed E-state index contributed by atoms with van der Waals surface area (Å²) in [4.78, 5) is 24.5. The van der Waals surface area contributed by atoms with Crippen LogP contribution in [-0.2, 0) is 26.0 Å². The van der Waals surface area contributed by atoms with E-state index in [-0.39, 0.29) is 65.0 Å². The number of benzene rings is 3. The first kappa shape index (κ1) is 31.1. The topological polar surface area (TPSA) is 143 Å². The minimum atomic E-state index is -4.39. The van der Waals surface area contributed by atoms with E-state index < -0.39 is 34.1 Å². The lowest BCUT2D eigenvalue weighted by Crippen LogP contribution is -2.42. The van der Waals surface area contributed by atoms with Gasteiger partial charge in [0.1, 0.15) is 5.75 Å². The highest BCUT2D eigenvalue weighted by atomic mass is 35.5. The summed E-state index contributed by atoms with van der Waals surface area (Å²) in [6.45, 7) is 3.47. The molecule has 3 N–H and O–H groups in total. The van der Waals surface area contributed by atoms with E-state index >= 15 is 4.39 Å². The maximum Gasteiger partial charge on any atom is 0.280 e. The largest absolute Gasteiger partial charge is 0.453 e. The van der Waals surface area contributed by atoms with E-state index in [0.29, 0.717) is 0 Å². The van der Waals surface area contributed by atoms with Crippen molar-refractivity contribution in [3.05, 3.63) is 80.5 Å². The third-order valence-electron chi connectivity index (χ3n) is 5.30. The molecule has 0 saturated heterocycles. The van der Waals surface area contributed by atoms with Gasteiger partial charge >= 0.3 is 0 Å². The Balaban J connectivity index is 1.78. The summed E-state index contributed by atoms with van der Waals surface area (Å²) >= 11 is 18.3. The molecule has 0 bridgehead atoms. The first-order valence-electron chi connectivity index (χ1n) is 11.5. The molecule has 0 heterocycles. The van der Waals surface area contributed by atoms with Gasteiger partial charge in [0.15, 0.2) is 11.6 Å². The lowest BCUT2D eigenvalue weighted by atomic mass is 10.1. The normalized spacial score (nSPS) is 11.2. The van der Waals surface area contributed by atoms with Gasteiger partial charge in [0.2, 0.25) is 5.91 Å². The molecule has 3 aromatic carbocycles. The summed E-state index contributed by atoms with van der Waals surface area (Å²) in [6, 6.07) is 12.0. The Morgan fingerprint density at radius 1 is 1.10 bits per heavy atom. The van der Waals surface area contributed by atoms with E-state index in [0.717, 1.165) is 12.1 Å². The van der Waals surface area contributed by atoms with E-state index in [9.17, 15) is 18.0 Å². The molecule has 0 saturated carbocycles. The van der Waals surface area contributed by atoms with E-state index in [4.69, 9.17) is 50.6 Å². The third-order valence-corrected chi connectivity index (χ3v) is 7.70. The number of hydrogen-bond donors (Lipinski definition) is 2. The van der Waals surface area contributed by atoms with Gasteiger partial charge in [0.25, 0.3) is 15.9 Å². The van der Waals surface area contributed by atoms with Crippen LogP contribution in [0.1, 0.15) is 31.4 Å². The smallest absolute Gasteiger partial charge is 0.280 e. The van der Waals surface area contributed by atoms with Crippen LogP contribution in [0, 0.1) is 23.1 Å². The molecule has 0 radical (unpaired) electrons. The van der Waals surface area contributed by atoms with Gasteiger partial charge in [-0.1, -0.05) is 54.7 Å². The number of anilines is 1. The number of amides is 2. The van der Waals surface area contributed by atoms with Crippen LogP contribution in [-0.4, -0.2) is 24.6 Å². The monoisotopic (exact) mass is 626 g/mol. The molecule has 3 rings (SSSR count). The maximum absolute atomic E-state index is 15.3. The fourth-order valence-corrected chi connectivity index (χ4v) is 5.20. The van der Waals surface area contributed by atoms with Crippen LogP contribution in [0.25, 0.3) is 0 Å². The molecular formula is C26H22Cl3FN4O5S. The summed E-state index contributed by atoms with van der Waals surface area (Å²) < 4.78 is 46.4. The number of ether oxygens (including phenoxy) is 1. The zero-order valence-corrected chi connectivity index (χ0v) is 24.1.